The van der Waals surface area contributed by atoms with Gasteiger partial charge in [-0.3, -0.25) is 0 Å². The molecule has 0 spiro atoms. The molecular formula is C12H16O2. The van der Waals surface area contributed by atoms with Crippen LogP contribution >= 0.6 is 0 Å². The molecule has 2 nitrogen and oxygen atoms in total. The van der Waals surface area contributed by atoms with Gasteiger partial charge in [0.05, 0.1) is 6.61 Å². The maximum Gasteiger partial charge on any atom is 0.122 e. The minimum Gasteiger partial charge on any atom is -0.493 e. The normalized spacial score (nSPS) is 21.6. The number of fused-ring (bicyclic) bond motifs is 1. The van der Waals surface area contributed by atoms with Gasteiger partial charge in [-0.05, 0) is 30.9 Å². The highest BCUT2D eigenvalue weighted by atomic mass is 16.5. The fourth-order valence-electron chi connectivity index (χ4n) is 1.87. The Morgan fingerprint density at radius 3 is 3.07 bits per heavy atom. The lowest BCUT2D eigenvalue weighted by atomic mass is 9.99. The molecule has 0 saturated carbocycles. The number of aliphatic hydroxyl groups excluding tert-OH is 1. The van der Waals surface area contributed by atoms with Crippen molar-refractivity contribution in [3.63, 3.8) is 0 Å². The summed E-state index contributed by atoms with van der Waals surface area (Å²) in [7, 11) is 0. The predicted octanol–water partition coefficient (Wildman–Crippen LogP) is 2.01. The monoisotopic (exact) mass is 192 g/mol. The summed E-state index contributed by atoms with van der Waals surface area (Å²) in [5, 5.41) is 9.08. The van der Waals surface area contributed by atoms with E-state index in [0.29, 0.717) is 12.5 Å². The van der Waals surface area contributed by atoms with E-state index in [4.69, 9.17) is 9.84 Å². The van der Waals surface area contributed by atoms with Gasteiger partial charge in [0, 0.05) is 12.5 Å². The van der Waals surface area contributed by atoms with Crippen molar-refractivity contribution in [3.8, 4) is 5.75 Å². The third-order valence-corrected chi connectivity index (χ3v) is 2.76. The standard InChI is InChI=1S/C12H16O2/c13-8-10-4-3-6-11-5-1-2-7-12(11)14-9-10/h1-2,5,7,10,13H,3-4,6,8-9H2. The Bertz CT molecular complexity index is 296. The minimum absolute atomic E-state index is 0.238. The highest BCUT2D eigenvalue weighted by Gasteiger charge is 2.13. The second-order valence-corrected chi connectivity index (χ2v) is 3.86. The predicted molar refractivity (Wildman–Crippen MR) is 55.5 cm³/mol. The number of benzene rings is 1. The van der Waals surface area contributed by atoms with Crippen molar-refractivity contribution in [2.75, 3.05) is 13.2 Å². The number of hydrogen-bond acceptors (Lipinski definition) is 2. The highest BCUT2D eigenvalue weighted by Crippen LogP contribution is 2.24. The van der Waals surface area contributed by atoms with Gasteiger partial charge in [0.1, 0.15) is 5.75 Å². The van der Waals surface area contributed by atoms with Gasteiger partial charge in [0.25, 0.3) is 0 Å². The summed E-state index contributed by atoms with van der Waals surface area (Å²) >= 11 is 0. The van der Waals surface area contributed by atoms with Crippen LogP contribution in [0.5, 0.6) is 5.75 Å². The lowest BCUT2D eigenvalue weighted by molar-refractivity contribution is 0.149. The van der Waals surface area contributed by atoms with E-state index in [0.717, 1.165) is 25.0 Å². The Hall–Kier alpha value is -1.02. The van der Waals surface area contributed by atoms with Crippen LogP contribution in [0, 0.1) is 5.92 Å². The van der Waals surface area contributed by atoms with Gasteiger partial charge in [-0.25, -0.2) is 0 Å². The molecule has 2 rings (SSSR count). The van der Waals surface area contributed by atoms with Gasteiger partial charge in [0.15, 0.2) is 0 Å². The van der Waals surface area contributed by atoms with E-state index in [9.17, 15) is 0 Å². The molecule has 0 saturated heterocycles. The van der Waals surface area contributed by atoms with E-state index < -0.39 is 0 Å². The molecule has 1 aliphatic rings. The molecule has 14 heavy (non-hydrogen) atoms. The van der Waals surface area contributed by atoms with E-state index >= 15 is 0 Å². The van der Waals surface area contributed by atoms with Gasteiger partial charge in [-0.1, -0.05) is 18.2 Å². The van der Waals surface area contributed by atoms with Crippen LogP contribution in [0.4, 0.5) is 0 Å². The van der Waals surface area contributed by atoms with Crippen molar-refractivity contribution < 1.29 is 9.84 Å². The molecule has 1 N–H and O–H groups in total. The van der Waals surface area contributed by atoms with Gasteiger partial charge < -0.3 is 9.84 Å². The van der Waals surface area contributed by atoms with Crippen LogP contribution in [-0.2, 0) is 6.42 Å². The molecule has 1 aliphatic heterocycles. The van der Waals surface area contributed by atoms with Crippen LogP contribution in [0.15, 0.2) is 24.3 Å². The molecule has 2 heteroatoms. The second-order valence-electron chi connectivity index (χ2n) is 3.86. The minimum atomic E-state index is 0.238. The van der Waals surface area contributed by atoms with E-state index in [2.05, 4.69) is 6.07 Å². The van der Waals surface area contributed by atoms with Crippen LogP contribution in [0.2, 0.25) is 0 Å². The first-order valence-electron chi connectivity index (χ1n) is 5.21. The third kappa shape index (κ3) is 2.07. The lowest BCUT2D eigenvalue weighted by Crippen LogP contribution is -2.18. The van der Waals surface area contributed by atoms with Crippen LogP contribution in [0.3, 0.4) is 0 Å². The van der Waals surface area contributed by atoms with Crippen molar-refractivity contribution in [1.29, 1.82) is 0 Å². The molecule has 76 valence electrons. The summed E-state index contributed by atoms with van der Waals surface area (Å²) < 4.78 is 5.67. The smallest absolute Gasteiger partial charge is 0.122 e. The Morgan fingerprint density at radius 2 is 2.21 bits per heavy atom. The third-order valence-electron chi connectivity index (χ3n) is 2.76. The Balaban J connectivity index is 2.13. The summed E-state index contributed by atoms with van der Waals surface area (Å²) in [5.41, 5.74) is 1.30. The summed E-state index contributed by atoms with van der Waals surface area (Å²) in [6, 6.07) is 8.17. The molecule has 0 amide bonds. The molecule has 1 atom stereocenters. The number of ether oxygens (including phenoxy) is 1. The molecule has 0 aliphatic carbocycles. The Morgan fingerprint density at radius 1 is 1.36 bits per heavy atom. The summed E-state index contributed by atoms with van der Waals surface area (Å²) in [6.45, 7) is 0.885. The number of aliphatic hydroxyl groups is 1. The zero-order valence-corrected chi connectivity index (χ0v) is 8.28. The molecule has 0 fully saturated rings. The van der Waals surface area contributed by atoms with Crippen molar-refractivity contribution in [2.45, 2.75) is 19.3 Å². The molecular weight excluding hydrogens is 176 g/mol. The number of rotatable bonds is 1. The van der Waals surface area contributed by atoms with Gasteiger partial charge in [-0.15, -0.1) is 0 Å². The first-order chi connectivity index (χ1) is 6.90. The average molecular weight is 192 g/mol. The SMILES string of the molecule is OCC1CCCc2ccccc2OC1. The fraction of sp³-hybridized carbons (Fsp3) is 0.500. The van der Waals surface area contributed by atoms with Gasteiger partial charge in [-0.2, -0.15) is 0 Å². The molecule has 0 radical (unpaired) electrons. The maximum absolute atomic E-state index is 9.08. The first kappa shape index (κ1) is 9.53. The van der Waals surface area contributed by atoms with E-state index in [-0.39, 0.29) is 6.61 Å². The van der Waals surface area contributed by atoms with Crippen molar-refractivity contribution in [3.05, 3.63) is 29.8 Å². The summed E-state index contributed by atoms with van der Waals surface area (Å²) in [5.74, 6) is 1.30. The molecule has 0 bridgehead atoms. The molecule has 1 unspecified atom stereocenters. The van der Waals surface area contributed by atoms with Crippen molar-refractivity contribution in [2.24, 2.45) is 5.92 Å². The van der Waals surface area contributed by atoms with Crippen molar-refractivity contribution >= 4 is 0 Å². The molecule has 1 aromatic carbocycles. The largest absolute Gasteiger partial charge is 0.493 e. The molecule has 1 heterocycles. The fourth-order valence-corrected chi connectivity index (χ4v) is 1.87. The summed E-state index contributed by atoms with van der Waals surface area (Å²) in [4.78, 5) is 0. The van der Waals surface area contributed by atoms with Crippen LogP contribution in [0.25, 0.3) is 0 Å². The summed E-state index contributed by atoms with van der Waals surface area (Å²) in [6.07, 6.45) is 3.27. The van der Waals surface area contributed by atoms with Crippen molar-refractivity contribution in [1.82, 2.24) is 0 Å². The maximum atomic E-state index is 9.08. The average Bonchev–Trinajstić information content (AvgIpc) is 2.19. The van der Waals surface area contributed by atoms with Gasteiger partial charge >= 0.3 is 0 Å². The number of aryl methyl sites for hydroxylation is 1. The lowest BCUT2D eigenvalue weighted by Gasteiger charge is -2.20. The number of hydrogen-bond donors (Lipinski definition) is 1. The number of para-hydroxylation sites is 1. The molecule has 1 aromatic rings. The Kier molecular flexibility index (Phi) is 3.04. The van der Waals surface area contributed by atoms with E-state index in [1.807, 2.05) is 18.2 Å². The Labute approximate surface area is 84.5 Å². The topological polar surface area (TPSA) is 29.5 Å². The quantitative estimate of drug-likeness (QED) is 0.737. The highest BCUT2D eigenvalue weighted by molar-refractivity contribution is 5.33. The zero-order valence-electron chi connectivity index (χ0n) is 8.28. The second kappa shape index (κ2) is 4.47. The van der Waals surface area contributed by atoms with Crippen LogP contribution < -0.4 is 4.74 Å². The van der Waals surface area contributed by atoms with E-state index in [1.54, 1.807) is 0 Å². The first-order valence-corrected chi connectivity index (χ1v) is 5.21. The van der Waals surface area contributed by atoms with E-state index in [1.165, 1.54) is 5.56 Å². The van der Waals surface area contributed by atoms with Crippen LogP contribution in [0.1, 0.15) is 18.4 Å². The molecule has 0 aromatic heterocycles. The van der Waals surface area contributed by atoms with Crippen LogP contribution in [-0.4, -0.2) is 18.3 Å². The van der Waals surface area contributed by atoms with Gasteiger partial charge in [0.2, 0.25) is 0 Å². The zero-order chi connectivity index (χ0) is 9.80.